The van der Waals surface area contributed by atoms with Crippen LogP contribution in [0.4, 0.5) is 0 Å². The van der Waals surface area contributed by atoms with Crippen LogP contribution in [0.2, 0.25) is 17.5 Å². The maximum Gasteiger partial charge on any atom is 0.156 e. The highest BCUT2D eigenvalue weighted by Gasteiger charge is 2.72. The van der Waals surface area contributed by atoms with Gasteiger partial charge in [-0.3, -0.25) is 19.6 Å². The van der Waals surface area contributed by atoms with Crippen molar-refractivity contribution in [3.63, 3.8) is 0 Å². The number of nitrogens with zero attached hydrogens (tertiary/aromatic N) is 4. The van der Waals surface area contributed by atoms with Crippen LogP contribution < -0.4 is 0 Å². The maximum atomic E-state index is 4.15. The van der Waals surface area contributed by atoms with Crippen LogP contribution in [-0.2, 0) is 0 Å². The minimum atomic E-state index is 0.365. The Morgan fingerprint density at radius 3 is 0.916 bits per heavy atom. The van der Waals surface area contributed by atoms with Crippen molar-refractivity contribution in [3.05, 3.63) is 0 Å². The lowest BCUT2D eigenvalue weighted by molar-refractivity contribution is -0.163. The molecule has 0 aromatic carbocycles. The van der Waals surface area contributed by atoms with Crippen LogP contribution in [0.1, 0.15) is 513 Å². The standard InChI is InChI=1S/C126H213BN4/c1-123(2,3)90-57-68-112-108(71-90)109-72-91(124(4,5)6)58-69-113(109)129(112)96-63-67-111-115(77-96)131(122-106(86-42-27-17-28-43-86)75-93(126(10,11)12)76-107(122)87-44-29-18-30-45-87)117-79-97(128(94-59-52-82(53-60-94)80-34-19-13-20-35-80)95-61-54-83(55-62-95)81-36-21-14-22-37-81)78-116-120(117)127(111)110-66-56-89(98-64-65-103-101-49-32-47-88-46-31-48-100(118(88)101)102-51-33-50-99(98)119(102)103)70-114(110)130(116)121-104(84-38-23-15-24-39-84)73-92(125(7,8)9)74-105(121)85-40-25-16-26-41-85/h80-122H,13-79H2,1-12H3. The van der Waals surface area contributed by atoms with E-state index < -0.39 is 0 Å². The molecule has 3 aliphatic heterocycles. The van der Waals surface area contributed by atoms with E-state index in [0.29, 0.717) is 21.7 Å². The third kappa shape index (κ3) is 18.1. The zero-order valence-corrected chi connectivity index (χ0v) is 88.6. The largest absolute Gasteiger partial charge is 0.295 e. The van der Waals surface area contributed by atoms with Gasteiger partial charge in [-0.05, 0) is 391 Å². The van der Waals surface area contributed by atoms with Gasteiger partial charge in [0.15, 0.2) is 6.71 Å². The van der Waals surface area contributed by atoms with Crippen molar-refractivity contribution < 1.29 is 0 Å². The van der Waals surface area contributed by atoms with Gasteiger partial charge in [-0.1, -0.05) is 327 Å². The van der Waals surface area contributed by atoms with Crippen LogP contribution in [0.5, 0.6) is 0 Å². The smallest absolute Gasteiger partial charge is 0.156 e. The molecule has 3 saturated heterocycles. The van der Waals surface area contributed by atoms with Gasteiger partial charge in [-0.15, -0.1) is 0 Å². The molecule has 740 valence electrons. The normalized spacial score (nSPS) is 48.7. The summed E-state index contributed by atoms with van der Waals surface area (Å²) < 4.78 is 0. The zero-order chi connectivity index (χ0) is 89.1. The van der Waals surface area contributed by atoms with Crippen LogP contribution in [0.15, 0.2) is 0 Å². The molecular weight excluding hydrogens is 1580 g/mol. The Kier molecular flexibility index (Phi) is 28.2. The summed E-state index contributed by atoms with van der Waals surface area (Å²) in [5.41, 5.74) is 1.55. The van der Waals surface area contributed by atoms with Crippen molar-refractivity contribution in [1.82, 2.24) is 19.6 Å². The van der Waals surface area contributed by atoms with Crippen LogP contribution in [0.25, 0.3) is 0 Å². The van der Waals surface area contributed by atoms with Gasteiger partial charge >= 0.3 is 0 Å². The lowest BCUT2D eigenvalue weighted by Crippen LogP contribution is -2.78. The van der Waals surface area contributed by atoms with Gasteiger partial charge in [-0.2, -0.15) is 0 Å². The number of hydrogen-bond acceptors (Lipinski definition) is 4. The van der Waals surface area contributed by atoms with Crippen LogP contribution in [0, 0.1) is 187 Å². The Morgan fingerprint density at radius 2 is 0.511 bits per heavy atom. The summed E-state index contributed by atoms with van der Waals surface area (Å²) >= 11 is 0. The zero-order valence-electron chi connectivity index (χ0n) is 88.6. The van der Waals surface area contributed by atoms with Crippen LogP contribution in [-0.4, -0.2) is 98.8 Å². The lowest BCUT2D eigenvalue weighted by Gasteiger charge is -2.73. The number of likely N-dealkylation sites (tertiary alicyclic amines) is 1. The predicted octanol–water partition coefficient (Wildman–Crippen LogP) is 34.1. The molecule has 29 atom stereocenters. The minimum Gasteiger partial charge on any atom is -0.295 e. The predicted molar refractivity (Wildman–Crippen MR) is 555 cm³/mol. The van der Waals surface area contributed by atoms with E-state index in [0.717, 1.165) is 262 Å². The van der Waals surface area contributed by atoms with E-state index in [1.54, 1.807) is 315 Å². The summed E-state index contributed by atoms with van der Waals surface area (Å²) in [6, 6.07) is 9.50. The summed E-state index contributed by atoms with van der Waals surface area (Å²) in [6.45, 7) is 34.0. The third-order valence-electron chi connectivity index (χ3n) is 51.5. The lowest BCUT2D eigenvalue weighted by atomic mass is 9.18. The quantitative estimate of drug-likeness (QED) is 0.170. The monoisotopic (exact) mass is 1790 g/mol. The van der Waals surface area contributed by atoms with Gasteiger partial charge in [0.2, 0.25) is 0 Å². The highest BCUT2D eigenvalue weighted by molar-refractivity contribution is 6.65. The first-order chi connectivity index (χ1) is 63.5. The Labute approximate surface area is 811 Å². The van der Waals surface area contributed by atoms with E-state index in [4.69, 9.17) is 0 Å². The maximum absolute atomic E-state index is 4.15. The fourth-order valence-electron chi connectivity index (χ4n) is 45.8. The summed E-state index contributed by atoms with van der Waals surface area (Å²) in [5, 5.41) is 0. The fourth-order valence-corrected chi connectivity index (χ4v) is 45.8. The number of hydrogen-bond donors (Lipinski definition) is 0. The van der Waals surface area contributed by atoms with E-state index in [-0.39, 0.29) is 0 Å². The summed E-state index contributed by atoms with van der Waals surface area (Å²) in [5.74, 6) is 30.1. The molecule has 4 nitrogen and oxygen atoms in total. The molecule has 3 heterocycles. The van der Waals surface area contributed by atoms with Crippen molar-refractivity contribution in [2.45, 2.75) is 603 Å². The average molecular weight is 1790 g/mol. The molecular formula is C126H213BN4. The Morgan fingerprint density at radius 1 is 0.191 bits per heavy atom. The van der Waals surface area contributed by atoms with E-state index in [1.807, 2.05) is 0 Å². The van der Waals surface area contributed by atoms with Gasteiger partial charge < -0.3 is 0 Å². The molecule has 20 saturated carbocycles. The molecule has 23 fully saturated rings. The topological polar surface area (TPSA) is 13.0 Å². The van der Waals surface area contributed by atoms with E-state index in [2.05, 4.69) is 103 Å². The molecule has 29 unspecified atom stereocenters. The van der Waals surface area contributed by atoms with E-state index in [1.165, 1.54) is 116 Å². The second-order valence-corrected chi connectivity index (χ2v) is 60.4. The second-order valence-electron chi connectivity index (χ2n) is 60.4. The third-order valence-corrected chi connectivity index (χ3v) is 51.5. The Hall–Kier alpha value is -0.0951. The molecule has 131 heavy (non-hydrogen) atoms. The first kappa shape index (κ1) is 94.5. The molecule has 0 spiro atoms. The van der Waals surface area contributed by atoms with Crippen LogP contribution >= 0.6 is 0 Å². The molecule has 0 radical (unpaired) electrons. The highest BCUT2D eigenvalue weighted by Crippen LogP contribution is 2.73. The van der Waals surface area contributed by atoms with Crippen molar-refractivity contribution >= 4 is 6.71 Å². The first-order valence-electron chi connectivity index (χ1n) is 62.6. The average Bonchev–Trinajstić information content (AvgIpc) is 0.805. The van der Waals surface area contributed by atoms with Crippen molar-refractivity contribution in [2.75, 3.05) is 0 Å². The van der Waals surface area contributed by atoms with E-state index in [9.17, 15) is 0 Å². The summed E-state index contributed by atoms with van der Waals surface area (Å²) in [6.07, 6.45) is 105. The molecule has 0 N–H and O–H groups in total. The summed E-state index contributed by atoms with van der Waals surface area (Å²) in [4.78, 5) is 15.8. The van der Waals surface area contributed by atoms with Gasteiger partial charge in [0.05, 0.1) is 0 Å². The van der Waals surface area contributed by atoms with Crippen molar-refractivity contribution in [2.24, 2.45) is 187 Å². The van der Waals surface area contributed by atoms with Crippen molar-refractivity contribution in [1.29, 1.82) is 0 Å². The first-order valence-corrected chi connectivity index (χ1v) is 62.6. The molecule has 0 aromatic rings. The molecule has 5 heteroatoms. The molecule has 0 amide bonds. The Bertz CT molecular complexity index is 3490. The number of fused-ring (bicyclic) bond motifs is 9. The number of rotatable bonds is 13. The molecule has 23 rings (SSSR count). The molecule has 0 bridgehead atoms. The highest BCUT2D eigenvalue weighted by atomic mass is 15.3. The fraction of sp³-hybridized carbons (Fsp3) is 1.00. The van der Waals surface area contributed by atoms with Gasteiger partial charge in [0.25, 0.3) is 0 Å². The van der Waals surface area contributed by atoms with Gasteiger partial charge in [-0.25, -0.2) is 0 Å². The van der Waals surface area contributed by atoms with Crippen LogP contribution in [0.3, 0.4) is 0 Å². The summed E-state index contributed by atoms with van der Waals surface area (Å²) in [7, 11) is 0. The van der Waals surface area contributed by atoms with Gasteiger partial charge in [0, 0.05) is 72.5 Å². The second kappa shape index (κ2) is 39.1. The van der Waals surface area contributed by atoms with E-state index >= 15 is 0 Å². The van der Waals surface area contributed by atoms with Gasteiger partial charge in [0.1, 0.15) is 0 Å². The SMILES string of the molecule is CC(C)(C)C1CCC2C(C1)C1CC(C(C)(C)C)CCC1N2C1CCC2B3C4CCC(C5CCC6C7CCCC8CCCC(C9CCCC5C96)C87)CC4N(C4C(C5CCCCC5)CC(C(C)(C)C)CC4C4CCCCC4)C4CC(N(C5CCC(C6CCCCC6)CC5)C5CCC(C6CCCCC6)CC5)CC(C34)N(C3C(C4CCCCC4)CC(C(C)(C)C)CC3C3CCCCC3)C2C1. The van der Waals surface area contributed by atoms with Crippen molar-refractivity contribution in [3.8, 4) is 0 Å². The molecule has 20 aliphatic carbocycles. The minimum absolute atomic E-state index is 0.365. The Balaban J connectivity index is 0.724. The molecule has 0 aromatic heterocycles. The molecule has 23 aliphatic rings.